The van der Waals surface area contributed by atoms with E-state index in [1.165, 1.54) is 5.56 Å². The minimum absolute atomic E-state index is 0.240. The molecule has 102 valence electrons. The van der Waals surface area contributed by atoms with Crippen molar-refractivity contribution in [3.8, 4) is 0 Å². The molecule has 0 aliphatic carbocycles. The maximum atomic E-state index is 4.61. The number of rotatable bonds is 5. The van der Waals surface area contributed by atoms with E-state index in [2.05, 4.69) is 56.8 Å². The average molecular weight is 249 g/mol. The molecule has 0 amide bonds. The molecule has 0 spiro atoms. The van der Waals surface area contributed by atoms with Crippen LogP contribution in [-0.2, 0) is 13.0 Å². The summed E-state index contributed by atoms with van der Waals surface area (Å²) in [6.45, 7) is 15.0. The Labute approximate surface area is 111 Å². The van der Waals surface area contributed by atoms with Crippen LogP contribution in [0.15, 0.2) is 6.20 Å². The molecule has 0 fully saturated rings. The molecule has 0 aliphatic heterocycles. The van der Waals surface area contributed by atoms with Crippen molar-refractivity contribution in [1.29, 1.82) is 0 Å². The lowest BCUT2D eigenvalue weighted by Crippen LogP contribution is -2.20. The van der Waals surface area contributed by atoms with Crippen LogP contribution in [0.4, 0.5) is 0 Å². The summed E-state index contributed by atoms with van der Waals surface area (Å²) in [5, 5.41) is 3.43. The van der Waals surface area contributed by atoms with E-state index in [4.69, 9.17) is 0 Å². The summed E-state index contributed by atoms with van der Waals surface area (Å²) in [6, 6.07) is 0. The Morgan fingerprint density at radius 2 is 1.94 bits per heavy atom. The van der Waals surface area contributed by atoms with Crippen LogP contribution >= 0.6 is 0 Å². The quantitative estimate of drug-likeness (QED) is 0.871. The molecule has 0 bridgehead atoms. The van der Waals surface area contributed by atoms with Gasteiger partial charge >= 0.3 is 0 Å². The van der Waals surface area contributed by atoms with Gasteiger partial charge in [-0.25, -0.2) is 9.97 Å². The second kappa shape index (κ2) is 6.28. The zero-order chi connectivity index (χ0) is 13.8. The van der Waals surface area contributed by atoms with E-state index < -0.39 is 0 Å². The highest BCUT2D eigenvalue weighted by Crippen LogP contribution is 2.18. The van der Waals surface area contributed by atoms with Crippen molar-refractivity contribution in [2.24, 2.45) is 11.3 Å². The van der Waals surface area contributed by atoms with E-state index in [9.17, 15) is 0 Å². The first kappa shape index (κ1) is 15.1. The first-order chi connectivity index (χ1) is 8.28. The summed E-state index contributed by atoms with van der Waals surface area (Å²) in [7, 11) is 0. The monoisotopic (exact) mass is 249 g/mol. The average Bonchev–Trinajstić information content (AvgIpc) is 2.18. The third-order valence-electron chi connectivity index (χ3n) is 2.69. The summed E-state index contributed by atoms with van der Waals surface area (Å²) in [6.07, 6.45) is 2.89. The van der Waals surface area contributed by atoms with E-state index >= 15 is 0 Å². The summed E-state index contributed by atoms with van der Waals surface area (Å²) in [5.74, 6) is 1.62. The molecule has 0 atom stereocenters. The van der Waals surface area contributed by atoms with Crippen molar-refractivity contribution in [2.75, 3.05) is 6.54 Å². The summed E-state index contributed by atoms with van der Waals surface area (Å²) in [4.78, 5) is 9.08. The van der Waals surface area contributed by atoms with Crippen LogP contribution in [0.1, 0.15) is 51.7 Å². The molecule has 1 rings (SSSR count). The summed E-state index contributed by atoms with van der Waals surface area (Å²) >= 11 is 0. The highest BCUT2D eigenvalue weighted by molar-refractivity contribution is 5.16. The second-order valence-electron chi connectivity index (χ2n) is 6.66. The second-order valence-corrected chi connectivity index (χ2v) is 6.66. The first-order valence-electron chi connectivity index (χ1n) is 6.80. The number of aryl methyl sites for hydroxylation is 1. The number of hydrogen-bond donors (Lipinski definition) is 1. The standard InChI is InChI=1S/C15H27N3/c1-11(2)8-16-9-13-10-17-14(18-12(13)3)7-15(4,5)6/h10-11,16H,7-9H2,1-6H3. The molecule has 1 N–H and O–H groups in total. The van der Waals surface area contributed by atoms with Gasteiger partial charge in [0.15, 0.2) is 0 Å². The Balaban J connectivity index is 2.62. The lowest BCUT2D eigenvalue weighted by atomic mass is 9.92. The molecule has 18 heavy (non-hydrogen) atoms. The van der Waals surface area contributed by atoms with Gasteiger partial charge in [-0.2, -0.15) is 0 Å². The number of aromatic nitrogens is 2. The largest absolute Gasteiger partial charge is 0.312 e. The molecule has 1 heterocycles. The van der Waals surface area contributed by atoms with E-state index in [-0.39, 0.29) is 5.41 Å². The third kappa shape index (κ3) is 5.58. The van der Waals surface area contributed by atoms with Crippen LogP contribution < -0.4 is 5.32 Å². The Bertz CT molecular complexity index is 378. The van der Waals surface area contributed by atoms with Gasteiger partial charge < -0.3 is 5.32 Å². The molecule has 0 saturated carbocycles. The van der Waals surface area contributed by atoms with Crippen LogP contribution in [0.25, 0.3) is 0 Å². The van der Waals surface area contributed by atoms with Gasteiger partial charge in [-0.3, -0.25) is 0 Å². The van der Waals surface area contributed by atoms with Crippen LogP contribution in [0, 0.1) is 18.3 Å². The fraction of sp³-hybridized carbons (Fsp3) is 0.733. The Morgan fingerprint density at radius 1 is 1.28 bits per heavy atom. The Morgan fingerprint density at radius 3 is 2.44 bits per heavy atom. The molecule has 0 aromatic carbocycles. The van der Waals surface area contributed by atoms with Crippen LogP contribution in [0.5, 0.6) is 0 Å². The molecule has 0 unspecified atom stereocenters. The SMILES string of the molecule is Cc1nc(CC(C)(C)C)ncc1CNCC(C)C. The zero-order valence-electron chi connectivity index (χ0n) is 12.7. The van der Waals surface area contributed by atoms with Crippen molar-refractivity contribution in [3.05, 3.63) is 23.3 Å². The molecule has 0 saturated heterocycles. The fourth-order valence-corrected chi connectivity index (χ4v) is 1.77. The molecule has 3 heteroatoms. The molecule has 0 radical (unpaired) electrons. The number of hydrogen-bond acceptors (Lipinski definition) is 3. The maximum absolute atomic E-state index is 4.61. The highest BCUT2D eigenvalue weighted by atomic mass is 14.9. The van der Waals surface area contributed by atoms with Gasteiger partial charge in [-0.1, -0.05) is 34.6 Å². The van der Waals surface area contributed by atoms with Gasteiger partial charge in [-0.05, 0) is 24.8 Å². The van der Waals surface area contributed by atoms with E-state index in [0.29, 0.717) is 5.92 Å². The first-order valence-corrected chi connectivity index (χ1v) is 6.80. The van der Waals surface area contributed by atoms with Gasteiger partial charge in [-0.15, -0.1) is 0 Å². The smallest absolute Gasteiger partial charge is 0.129 e. The molecular formula is C15H27N3. The summed E-state index contributed by atoms with van der Waals surface area (Å²) in [5.41, 5.74) is 2.54. The van der Waals surface area contributed by atoms with Crippen molar-refractivity contribution < 1.29 is 0 Å². The van der Waals surface area contributed by atoms with Crippen molar-refractivity contribution in [1.82, 2.24) is 15.3 Å². The van der Waals surface area contributed by atoms with Crippen LogP contribution in [0.3, 0.4) is 0 Å². The highest BCUT2D eigenvalue weighted by Gasteiger charge is 2.14. The van der Waals surface area contributed by atoms with Crippen molar-refractivity contribution in [3.63, 3.8) is 0 Å². The molecule has 0 aliphatic rings. The predicted molar refractivity (Wildman–Crippen MR) is 76.5 cm³/mol. The normalized spacial score (nSPS) is 12.2. The van der Waals surface area contributed by atoms with Gasteiger partial charge in [0, 0.05) is 30.4 Å². The lowest BCUT2D eigenvalue weighted by molar-refractivity contribution is 0.400. The predicted octanol–water partition coefficient (Wildman–Crippen LogP) is 3.12. The summed E-state index contributed by atoms with van der Waals surface area (Å²) < 4.78 is 0. The van der Waals surface area contributed by atoms with Crippen molar-refractivity contribution in [2.45, 2.75) is 54.5 Å². The fourth-order valence-electron chi connectivity index (χ4n) is 1.77. The van der Waals surface area contributed by atoms with Crippen LogP contribution in [-0.4, -0.2) is 16.5 Å². The van der Waals surface area contributed by atoms with Crippen LogP contribution in [0.2, 0.25) is 0 Å². The minimum Gasteiger partial charge on any atom is -0.312 e. The Hall–Kier alpha value is -0.960. The molecule has 1 aromatic heterocycles. The molecule has 1 aromatic rings. The van der Waals surface area contributed by atoms with Crippen molar-refractivity contribution >= 4 is 0 Å². The molecule has 3 nitrogen and oxygen atoms in total. The van der Waals surface area contributed by atoms with Gasteiger partial charge in [0.1, 0.15) is 5.82 Å². The Kier molecular flexibility index (Phi) is 5.27. The van der Waals surface area contributed by atoms with Gasteiger partial charge in [0.05, 0.1) is 0 Å². The maximum Gasteiger partial charge on any atom is 0.129 e. The topological polar surface area (TPSA) is 37.8 Å². The number of nitrogens with zero attached hydrogens (tertiary/aromatic N) is 2. The number of nitrogens with one attached hydrogen (secondary N) is 1. The van der Waals surface area contributed by atoms with Gasteiger partial charge in [0.25, 0.3) is 0 Å². The minimum atomic E-state index is 0.240. The zero-order valence-corrected chi connectivity index (χ0v) is 12.7. The third-order valence-corrected chi connectivity index (χ3v) is 2.69. The van der Waals surface area contributed by atoms with E-state index in [0.717, 1.165) is 31.0 Å². The lowest BCUT2D eigenvalue weighted by Gasteiger charge is -2.17. The molecular weight excluding hydrogens is 222 g/mol. The van der Waals surface area contributed by atoms with E-state index in [1.807, 2.05) is 6.20 Å². The van der Waals surface area contributed by atoms with Gasteiger partial charge in [0.2, 0.25) is 0 Å². The van der Waals surface area contributed by atoms with E-state index in [1.54, 1.807) is 0 Å².